The minimum absolute atomic E-state index is 0.255. The normalized spacial score (nSPS) is 24.1. The Balaban J connectivity index is 1.85. The molecule has 3 rings (SSSR count). The lowest BCUT2D eigenvalue weighted by Crippen LogP contribution is -2.50. The van der Waals surface area contributed by atoms with Crippen LogP contribution in [0.25, 0.3) is 0 Å². The van der Waals surface area contributed by atoms with Crippen LogP contribution in [0.4, 0.5) is 0 Å². The van der Waals surface area contributed by atoms with Gasteiger partial charge in [0.05, 0.1) is 24.1 Å². The Morgan fingerprint density at radius 2 is 2.05 bits per heavy atom. The molecule has 5 nitrogen and oxygen atoms in total. The van der Waals surface area contributed by atoms with Gasteiger partial charge in [-0.2, -0.15) is 4.31 Å². The summed E-state index contributed by atoms with van der Waals surface area (Å²) < 4.78 is 38.4. The molecule has 0 saturated carbocycles. The Labute approximate surface area is 121 Å². The molecule has 0 N–H and O–H groups in total. The van der Waals surface area contributed by atoms with Gasteiger partial charge < -0.3 is 9.47 Å². The first kappa shape index (κ1) is 13.8. The van der Waals surface area contributed by atoms with E-state index in [0.29, 0.717) is 24.1 Å². The number of hydrogen-bond acceptors (Lipinski definition) is 5. The second kappa shape index (κ2) is 4.98. The predicted molar refractivity (Wildman–Crippen MR) is 72.0 cm³/mol. The van der Waals surface area contributed by atoms with Gasteiger partial charge in [0, 0.05) is 13.0 Å². The molecule has 0 bridgehead atoms. The molecule has 0 unspecified atom stereocenters. The lowest BCUT2D eigenvalue weighted by atomic mass is 10.1. The maximum absolute atomic E-state index is 12.5. The Morgan fingerprint density at radius 3 is 2.68 bits per heavy atom. The Morgan fingerprint density at radius 1 is 1.32 bits per heavy atom. The van der Waals surface area contributed by atoms with E-state index in [1.807, 2.05) is 0 Å². The van der Waals surface area contributed by atoms with Gasteiger partial charge in [-0.25, -0.2) is 8.42 Å². The van der Waals surface area contributed by atoms with Crippen molar-refractivity contribution >= 4 is 33.0 Å². The van der Waals surface area contributed by atoms with Crippen molar-refractivity contribution in [2.24, 2.45) is 0 Å². The molecule has 2 saturated heterocycles. The van der Waals surface area contributed by atoms with Gasteiger partial charge in [-0.15, -0.1) is 11.3 Å². The van der Waals surface area contributed by atoms with Gasteiger partial charge in [0.15, 0.2) is 5.79 Å². The van der Waals surface area contributed by atoms with Crippen LogP contribution in [0.5, 0.6) is 0 Å². The molecular weight excluding hydrogens is 310 g/mol. The summed E-state index contributed by atoms with van der Waals surface area (Å²) in [5.41, 5.74) is 0. The maximum atomic E-state index is 12.5. The lowest BCUT2D eigenvalue weighted by molar-refractivity contribution is -0.179. The van der Waals surface area contributed by atoms with E-state index in [9.17, 15) is 8.42 Å². The average molecular weight is 324 g/mol. The van der Waals surface area contributed by atoms with Crippen molar-refractivity contribution < 1.29 is 17.9 Å². The van der Waals surface area contributed by atoms with Gasteiger partial charge in [0.2, 0.25) is 0 Å². The first-order chi connectivity index (χ1) is 9.02. The Bertz CT molecular complexity index is 565. The highest BCUT2D eigenvalue weighted by Gasteiger charge is 2.44. The topological polar surface area (TPSA) is 55.8 Å². The van der Waals surface area contributed by atoms with Crippen molar-refractivity contribution in [3.63, 3.8) is 0 Å². The summed E-state index contributed by atoms with van der Waals surface area (Å²) in [5.74, 6) is -0.744. The summed E-state index contributed by atoms with van der Waals surface area (Å²) in [6.07, 6.45) is 1.47. The third-order valence-corrected chi connectivity index (χ3v) is 6.88. The number of hydrogen-bond donors (Lipinski definition) is 0. The summed E-state index contributed by atoms with van der Waals surface area (Å²) in [5, 5.41) is 0. The van der Waals surface area contributed by atoms with E-state index in [1.54, 1.807) is 12.1 Å². The van der Waals surface area contributed by atoms with Crippen molar-refractivity contribution in [1.29, 1.82) is 0 Å². The second-order valence-corrected chi connectivity index (χ2v) is 8.49. The van der Waals surface area contributed by atoms with Crippen LogP contribution in [0, 0.1) is 0 Å². The van der Waals surface area contributed by atoms with Crippen LogP contribution in [0.3, 0.4) is 0 Å². The largest absolute Gasteiger partial charge is 0.346 e. The smallest absolute Gasteiger partial charge is 0.252 e. The minimum Gasteiger partial charge on any atom is -0.346 e. The predicted octanol–water partition coefficient (Wildman–Crippen LogP) is 1.93. The summed E-state index contributed by atoms with van der Waals surface area (Å²) in [6, 6.07) is 3.14. The third kappa shape index (κ3) is 2.55. The fourth-order valence-corrected chi connectivity index (χ4v) is 5.60. The second-order valence-electron chi connectivity index (χ2n) is 4.61. The zero-order valence-electron chi connectivity index (χ0n) is 10.2. The van der Waals surface area contributed by atoms with Crippen LogP contribution in [-0.2, 0) is 19.5 Å². The molecule has 2 aliphatic heterocycles. The summed E-state index contributed by atoms with van der Waals surface area (Å²) in [4.78, 5) is 0. The van der Waals surface area contributed by atoms with Crippen LogP contribution in [-0.4, -0.2) is 44.8 Å². The van der Waals surface area contributed by atoms with E-state index in [4.69, 9.17) is 21.1 Å². The molecule has 2 fully saturated rings. The van der Waals surface area contributed by atoms with Crippen LogP contribution >= 0.6 is 22.9 Å². The molecule has 1 spiro atoms. The summed E-state index contributed by atoms with van der Waals surface area (Å²) in [7, 11) is -3.50. The first-order valence-corrected chi connectivity index (χ1v) is 8.69. The van der Waals surface area contributed by atoms with Crippen LogP contribution in [0.2, 0.25) is 4.34 Å². The van der Waals surface area contributed by atoms with Gasteiger partial charge in [0.25, 0.3) is 10.0 Å². The van der Waals surface area contributed by atoms with E-state index >= 15 is 0 Å². The van der Waals surface area contributed by atoms with Gasteiger partial charge in [-0.1, -0.05) is 11.6 Å². The fraction of sp³-hybridized carbons (Fsp3) is 0.636. The Hall–Kier alpha value is -0.180. The molecule has 0 radical (unpaired) electrons. The third-order valence-electron chi connectivity index (χ3n) is 3.34. The number of thiophene rings is 1. The number of piperidine rings is 1. The molecule has 3 heterocycles. The van der Waals surface area contributed by atoms with Crippen molar-refractivity contribution in [2.45, 2.75) is 22.8 Å². The van der Waals surface area contributed by atoms with Gasteiger partial charge >= 0.3 is 0 Å². The van der Waals surface area contributed by atoms with Crippen LogP contribution < -0.4 is 0 Å². The Kier molecular flexibility index (Phi) is 3.61. The van der Waals surface area contributed by atoms with Crippen molar-refractivity contribution in [2.75, 3.05) is 26.3 Å². The molecule has 0 amide bonds. The van der Waals surface area contributed by atoms with Gasteiger partial charge in [0.1, 0.15) is 4.21 Å². The summed E-state index contributed by atoms with van der Waals surface area (Å²) >= 11 is 6.89. The van der Waals surface area contributed by atoms with Crippen LogP contribution in [0.15, 0.2) is 16.3 Å². The van der Waals surface area contributed by atoms with Crippen molar-refractivity contribution in [3.05, 3.63) is 16.5 Å². The number of ether oxygens (including phenoxy) is 2. The fourth-order valence-electron chi connectivity index (χ4n) is 2.45. The molecule has 106 valence electrons. The zero-order chi connectivity index (χ0) is 13.5. The first-order valence-electron chi connectivity index (χ1n) is 6.05. The van der Waals surface area contributed by atoms with Crippen molar-refractivity contribution in [3.8, 4) is 0 Å². The number of rotatable bonds is 2. The summed E-state index contributed by atoms with van der Waals surface area (Å²) in [6.45, 7) is 1.80. The quantitative estimate of drug-likeness (QED) is 0.834. The van der Waals surface area contributed by atoms with E-state index in [-0.39, 0.29) is 10.8 Å². The zero-order valence-corrected chi connectivity index (χ0v) is 12.6. The maximum Gasteiger partial charge on any atom is 0.252 e. The highest BCUT2D eigenvalue weighted by Crippen LogP contribution is 2.35. The van der Waals surface area contributed by atoms with Gasteiger partial charge in [-0.3, -0.25) is 0 Å². The van der Waals surface area contributed by atoms with Gasteiger partial charge in [-0.05, 0) is 18.6 Å². The number of nitrogens with zero attached hydrogens (tertiary/aromatic N) is 1. The molecule has 8 heteroatoms. The number of sulfonamides is 1. The van der Waals surface area contributed by atoms with Crippen molar-refractivity contribution in [1.82, 2.24) is 4.31 Å². The molecular formula is C11H14ClNO4S2. The standard InChI is InChI=1S/C11H14ClNO4S2/c12-9-2-3-10(18-9)19(14,15)13-5-1-4-11(8-13)16-6-7-17-11/h2-3H,1,4-8H2. The molecule has 0 aromatic carbocycles. The highest BCUT2D eigenvalue weighted by atomic mass is 35.5. The minimum atomic E-state index is -3.50. The van der Waals surface area contributed by atoms with E-state index in [0.717, 1.165) is 24.2 Å². The van der Waals surface area contributed by atoms with E-state index < -0.39 is 15.8 Å². The molecule has 19 heavy (non-hydrogen) atoms. The average Bonchev–Trinajstić information content (AvgIpc) is 3.00. The SMILES string of the molecule is O=S(=O)(c1ccc(Cl)s1)N1CCCC2(C1)OCCO2. The highest BCUT2D eigenvalue weighted by molar-refractivity contribution is 7.91. The number of halogens is 1. The molecule has 2 aliphatic rings. The molecule has 0 atom stereocenters. The lowest BCUT2D eigenvalue weighted by Gasteiger charge is -2.37. The molecule has 1 aromatic heterocycles. The monoisotopic (exact) mass is 323 g/mol. The van der Waals surface area contributed by atoms with Crippen LogP contribution in [0.1, 0.15) is 12.8 Å². The van der Waals surface area contributed by atoms with E-state index in [2.05, 4.69) is 0 Å². The van der Waals surface area contributed by atoms with E-state index in [1.165, 1.54) is 4.31 Å². The molecule has 0 aliphatic carbocycles. The molecule has 1 aromatic rings.